The predicted molar refractivity (Wildman–Crippen MR) is 103 cm³/mol. The van der Waals surface area contributed by atoms with Gasteiger partial charge in [0.05, 0.1) is 0 Å². The quantitative estimate of drug-likeness (QED) is 0.773. The number of nitrogens with one attached hydrogen (secondary N) is 1. The lowest BCUT2D eigenvalue weighted by molar-refractivity contribution is 0.208. The van der Waals surface area contributed by atoms with E-state index in [1.807, 2.05) is 54.4 Å². The van der Waals surface area contributed by atoms with Gasteiger partial charge in [0, 0.05) is 50.3 Å². The largest absolute Gasteiger partial charge is 0.353 e. The van der Waals surface area contributed by atoms with Gasteiger partial charge < -0.3 is 15.1 Å². The molecule has 4 rings (SSSR count). The molecular formula is C19H21N7O. The van der Waals surface area contributed by atoms with Crippen molar-refractivity contribution in [1.82, 2.24) is 24.6 Å². The van der Waals surface area contributed by atoms with E-state index in [1.54, 1.807) is 17.2 Å². The van der Waals surface area contributed by atoms with Crippen molar-refractivity contribution in [3.05, 3.63) is 60.7 Å². The third kappa shape index (κ3) is 3.89. The third-order valence-electron chi connectivity index (χ3n) is 4.57. The Hall–Kier alpha value is -3.42. The van der Waals surface area contributed by atoms with Crippen LogP contribution in [0.5, 0.6) is 0 Å². The summed E-state index contributed by atoms with van der Waals surface area (Å²) in [5, 5.41) is 7.15. The Bertz CT molecular complexity index is 900. The monoisotopic (exact) mass is 363 g/mol. The van der Waals surface area contributed by atoms with Gasteiger partial charge in [0.1, 0.15) is 12.1 Å². The van der Waals surface area contributed by atoms with Gasteiger partial charge in [-0.25, -0.2) is 19.4 Å². The SMILES string of the molecule is Cc1ccc(NC(=O)N2CCN(c3cc(-n4cccn4)ncn3)CC2)cc1. The lowest BCUT2D eigenvalue weighted by atomic mass is 10.2. The zero-order valence-electron chi connectivity index (χ0n) is 15.1. The van der Waals surface area contributed by atoms with E-state index < -0.39 is 0 Å². The van der Waals surface area contributed by atoms with Crippen LogP contribution in [0.3, 0.4) is 0 Å². The topological polar surface area (TPSA) is 79.2 Å². The summed E-state index contributed by atoms with van der Waals surface area (Å²) < 4.78 is 1.70. The second-order valence-corrected chi connectivity index (χ2v) is 6.46. The number of urea groups is 1. The fourth-order valence-corrected chi connectivity index (χ4v) is 3.02. The standard InChI is InChI=1S/C19H21N7O/c1-15-3-5-16(6-4-15)23-19(27)25-11-9-24(10-12-25)17-13-18(21-14-20-17)26-8-2-7-22-26/h2-8,13-14H,9-12H2,1H3,(H,23,27). The molecular weight excluding hydrogens is 342 g/mol. The van der Waals surface area contributed by atoms with Crippen LogP contribution in [-0.4, -0.2) is 56.9 Å². The molecule has 27 heavy (non-hydrogen) atoms. The fraction of sp³-hybridized carbons (Fsp3) is 0.263. The molecule has 0 saturated carbocycles. The molecule has 1 saturated heterocycles. The summed E-state index contributed by atoms with van der Waals surface area (Å²) in [7, 11) is 0. The van der Waals surface area contributed by atoms with Gasteiger partial charge in [0.2, 0.25) is 0 Å². The van der Waals surface area contributed by atoms with Crippen molar-refractivity contribution in [3.63, 3.8) is 0 Å². The van der Waals surface area contributed by atoms with E-state index in [4.69, 9.17) is 0 Å². The Morgan fingerprint density at radius 3 is 2.48 bits per heavy atom. The molecule has 0 spiro atoms. The molecule has 1 aromatic carbocycles. The molecule has 1 N–H and O–H groups in total. The number of aryl methyl sites for hydroxylation is 1. The zero-order chi connectivity index (χ0) is 18.6. The van der Waals surface area contributed by atoms with Gasteiger partial charge in [-0.2, -0.15) is 5.10 Å². The van der Waals surface area contributed by atoms with E-state index in [-0.39, 0.29) is 6.03 Å². The van der Waals surface area contributed by atoms with Crippen LogP contribution in [0.4, 0.5) is 16.3 Å². The van der Waals surface area contributed by atoms with Crippen LogP contribution in [0.25, 0.3) is 5.82 Å². The molecule has 1 aliphatic heterocycles. The molecule has 1 fully saturated rings. The minimum Gasteiger partial charge on any atom is -0.353 e. The normalized spacial score (nSPS) is 14.3. The number of nitrogens with zero attached hydrogens (tertiary/aromatic N) is 6. The first-order chi connectivity index (χ1) is 13.2. The van der Waals surface area contributed by atoms with Gasteiger partial charge in [0.15, 0.2) is 5.82 Å². The molecule has 0 atom stereocenters. The molecule has 3 aromatic rings. The highest BCUT2D eigenvalue weighted by Crippen LogP contribution is 2.16. The molecule has 2 aromatic heterocycles. The highest BCUT2D eigenvalue weighted by atomic mass is 16.2. The van der Waals surface area contributed by atoms with E-state index in [9.17, 15) is 4.79 Å². The summed E-state index contributed by atoms with van der Waals surface area (Å²) in [6, 6.07) is 11.5. The third-order valence-corrected chi connectivity index (χ3v) is 4.57. The number of piperazine rings is 1. The average Bonchev–Trinajstić information content (AvgIpc) is 3.25. The summed E-state index contributed by atoms with van der Waals surface area (Å²) in [6.45, 7) is 4.74. The second kappa shape index (κ2) is 7.45. The van der Waals surface area contributed by atoms with E-state index in [0.29, 0.717) is 13.1 Å². The first kappa shape index (κ1) is 17.0. The molecule has 0 aliphatic carbocycles. The van der Waals surface area contributed by atoms with Gasteiger partial charge in [-0.3, -0.25) is 0 Å². The molecule has 0 bridgehead atoms. The number of anilines is 2. The van der Waals surface area contributed by atoms with Crippen molar-refractivity contribution in [2.45, 2.75) is 6.92 Å². The van der Waals surface area contributed by atoms with Crippen LogP contribution >= 0.6 is 0 Å². The summed E-state index contributed by atoms with van der Waals surface area (Å²) in [6.07, 6.45) is 5.11. The van der Waals surface area contributed by atoms with E-state index in [2.05, 4.69) is 25.3 Å². The number of amides is 2. The van der Waals surface area contributed by atoms with Crippen molar-refractivity contribution >= 4 is 17.5 Å². The van der Waals surface area contributed by atoms with Crippen LogP contribution in [0.1, 0.15) is 5.56 Å². The maximum Gasteiger partial charge on any atom is 0.321 e. The van der Waals surface area contributed by atoms with E-state index in [0.717, 1.165) is 30.4 Å². The number of carbonyl (C=O) groups excluding carboxylic acids is 1. The number of hydrogen-bond donors (Lipinski definition) is 1. The van der Waals surface area contributed by atoms with Crippen molar-refractivity contribution < 1.29 is 4.79 Å². The van der Waals surface area contributed by atoms with Gasteiger partial charge in [-0.1, -0.05) is 17.7 Å². The maximum absolute atomic E-state index is 12.5. The summed E-state index contributed by atoms with van der Waals surface area (Å²) >= 11 is 0. The first-order valence-corrected chi connectivity index (χ1v) is 8.89. The Labute approximate surface area is 157 Å². The van der Waals surface area contributed by atoms with E-state index >= 15 is 0 Å². The molecule has 138 valence electrons. The van der Waals surface area contributed by atoms with Crippen molar-refractivity contribution in [1.29, 1.82) is 0 Å². The summed E-state index contributed by atoms with van der Waals surface area (Å²) in [5.74, 6) is 1.57. The molecule has 8 heteroatoms. The molecule has 3 heterocycles. The van der Waals surface area contributed by atoms with Gasteiger partial charge in [0.25, 0.3) is 0 Å². The first-order valence-electron chi connectivity index (χ1n) is 8.89. The smallest absolute Gasteiger partial charge is 0.321 e. The highest BCUT2D eigenvalue weighted by Gasteiger charge is 2.22. The molecule has 0 unspecified atom stereocenters. The van der Waals surface area contributed by atoms with Gasteiger partial charge in [-0.15, -0.1) is 0 Å². The van der Waals surface area contributed by atoms with Crippen LogP contribution in [0.2, 0.25) is 0 Å². The number of carbonyl (C=O) groups is 1. The van der Waals surface area contributed by atoms with Crippen LogP contribution in [-0.2, 0) is 0 Å². The number of rotatable bonds is 3. The maximum atomic E-state index is 12.5. The van der Waals surface area contributed by atoms with Gasteiger partial charge >= 0.3 is 6.03 Å². The number of aromatic nitrogens is 4. The van der Waals surface area contributed by atoms with Gasteiger partial charge in [-0.05, 0) is 25.1 Å². The van der Waals surface area contributed by atoms with Crippen LogP contribution in [0.15, 0.2) is 55.1 Å². The number of hydrogen-bond acceptors (Lipinski definition) is 5. The Kier molecular flexibility index (Phi) is 4.69. The second-order valence-electron chi connectivity index (χ2n) is 6.46. The predicted octanol–water partition coefficient (Wildman–Crippen LogP) is 2.32. The Morgan fingerprint density at radius 1 is 1.04 bits per heavy atom. The number of benzene rings is 1. The minimum absolute atomic E-state index is 0.0709. The highest BCUT2D eigenvalue weighted by molar-refractivity contribution is 5.89. The van der Waals surface area contributed by atoms with Crippen molar-refractivity contribution in [2.24, 2.45) is 0 Å². The Balaban J connectivity index is 1.37. The molecule has 0 radical (unpaired) electrons. The molecule has 2 amide bonds. The Morgan fingerprint density at radius 2 is 1.78 bits per heavy atom. The van der Waals surface area contributed by atoms with Crippen LogP contribution in [0, 0.1) is 6.92 Å². The summed E-state index contributed by atoms with van der Waals surface area (Å²) in [4.78, 5) is 25.1. The average molecular weight is 363 g/mol. The molecule has 1 aliphatic rings. The lowest BCUT2D eigenvalue weighted by Crippen LogP contribution is -2.50. The minimum atomic E-state index is -0.0709. The zero-order valence-corrected chi connectivity index (χ0v) is 15.1. The van der Waals surface area contributed by atoms with Crippen LogP contribution < -0.4 is 10.2 Å². The summed E-state index contributed by atoms with van der Waals surface area (Å²) in [5.41, 5.74) is 1.98. The van der Waals surface area contributed by atoms with Crippen molar-refractivity contribution in [2.75, 3.05) is 36.4 Å². The van der Waals surface area contributed by atoms with Crippen molar-refractivity contribution in [3.8, 4) is 5.82 Å². The fourth-order valence-electron chi connectivity index (χ4n) is 3.02. The lowest BCUT2D eigenvalue weighted by Gasteiger charge is -2.35. The van der Waals surface area contributed by atoms with E-state index in [1.165, 1.54) is 5.56 Å². The molecule has 8 nitrogen and oxygen atoms in total.